The van der Waals surface area contributed by atoms with Gasteiger partial charge in [0, 0.05) is 6.54 Å². The van der Waals surface area contributed by atoms with Crippen LogP contribution < -0.4 is 0 Å². The maximum absolute atomic E-state index is 12.9. The summed E-state index contributed by atoms with van der Waals surface area (Å²) >= 11 is 0. The predicted octanol–water partition coefficient (Wildman–Crippen LogP) is 9.23. The quantitative estimate of drug-likeness (QED) is 0.185. The first-order valence-corrected chi connectivity index (χ1v) is 17.8. The Kier molecular flexibility index (Phi) is 8.31. The van der Waals surface area contributed by atoms with Crippen LogP contribution in [-0.4, -0.2) is 38.4 Å². The van der Waals surface area contributed by atoms with E-state index < -0.39 is 9.04 Å². The lowest BCUT2D eigenvalue weighted by molar-refractivity contribution is -0.144. The molecule has 5 rings (SSSR count). The highest BCUT2D eigenvalue weighted by Gasteiger charge is 2.59. The molecule has 1 aromatic carbocycles. The normalized spacial score (nSPS) is 31.5. The molecule has 41 heavy (non-hydrogen) atoms. The minimum atomic E-state index is -0.943. The molecule has 1 heterocycles. The fraction of sp³-hybridized carbons (Fsp3) is 0.722. The van der Waals surface area contributed by atoms with Crippen molar-refractivity contribution in [2.24, 2.45) is 28.6 Å². The summed E-state index contributed by atoms with van der Waals surface area (Å²) in [5.41, 5.74) is 5.46. The Morgan fingerprint density at radius 1 is 1.00 bits per heavy atom. The second-order valence-electron chi connectivity index (χ2n) is 15.8. The van der Waals surface area contributed by atoms with Crippen molar-refractivity contribution >= 4 is 20.9 Å². The zero-order valence-corrected chi connectivity index (χ0v) is 28.2. The fourth-order valence-electron chi connectivity index (χ4n) is 9.82. The number of rotatable bonds is 7. The summed E-state index contributed by atoms with van der Waals surface area (Å²) in [6, 6.07) is 7.25. The predicted molar refractivity (Wildman–Crippen MR) is 169 cm³/mol. The van der Waals surface area contributed by atoms with Crippen molar-refractivity contribution in [1.82, 2.24) is 4.90 Å². The van der Waals surface area contributed by atoms with Gasteiger partial charge in [0.25, 0.3) is 11.8 Å². The summed E-state index contributed by atoms with van der Waals surface area (Å²) in [5, 5.41) is 0.237. The molecule has 1 aromatic rings. The van der Waals surface area contributed by atoms with E-state index in [1.54, 1.807) is 23.3 Å². The third-order valence-electron chi connectivity index (χ3n) is 11.6. The van der Waals surface area contributed by atoms with Crippen LogP contribution >= 0.6 is 0 Å². The van der Waals surface area contributed by atoms with Gasteiger partial charge in [-0.1, -0.05) is 78.7 Å². The average molecular weight is 577 g/mol. The van der Waals surface area contributed by atoms with Crippen LogP contribution in [0.2, 0.25) is 10.6 Å². The highest BCUT2D eigenvalue weighted by molar-refractivity contribution is 6.56. The first-order valence-electron chi connectivity index (χ1n) is 16.4. The fourth-order valence-corrected chi connectivity index (χ4v) is 12.9. The van der Waals surface area contributed by atoms with Crippen molar-refractivity contribution in [3.05, 3.63) is 46.5 Å². The van der Waals surface area contributed by atoms with Crippen LogP contribution in [0, 0.1) is 28.6 Å². The molecule has 0 aromatic heterocycles. The summed E-state index contributed by atoms with van der Waals surface area (Å²) < 4.78 is 7.18. The second-order valence-corrected chi connectivity index (χ2v) is 19.5. The van der Waals surface area contributed by atoms with Crippen molar-refractivity contribution in [2.45, 2.75) is 130 Å². The summed E-state index contributed by atoms with van der Waals surface area (Å²) in [7, 11) is -0.943. The van der Waals surface area contributed by atoms with Crippen LogP contribution in [0.4, 0.5) is 0 Å². The van der Waals surface area contributed by atoms with Crippen LogP contribution in [0.3, 0.4) is 0 Å². The van der Waals surface area contributed by atoms with E-state index in [2.05, 4.69) is 62.3 Å². The highest BCUT2D eigenvalue weighted by atomic mass is 28.3. The number of carbonyl (C=O) groups excluding carboxylic acids is 2. The molecular formula is C36H54NO3Si. The third kappa shape index (κ3) is 5.32. The van der Waals surface area contributed by atoms with Crippen molar-refractivity contribution in [3.8, 4) is 0 Å². The molecule has 2 fully saturated rings. The summed E-state index contributed by atoms with van der Waals surface area (Å²) in [6.45, 7) is 22.4. The molecule has 5 heteroatoms. The summed E-state index contributed by atoms with van der Waals surface area (Å²) in [6.07, 6.45) is 9.70. The van der Waals surface area contributed by atoms with Crippen LogP contribution in [0.15, 0.2) is 35.4 Å². The molecule has 4 nitrogen and oxygen atoms in total. The lowest BCUT2D eigenvalue weighted by atomic mass is 9.43. The topological polar surface area (TPSA) is 46.6 Å². The number of amides is 2. The number of hydrogen-bond donors (Lipinski definition) is 0. The highest BCUT2D eigenvalue weighted by Crippen LogP contribution is 2.65. The van der Waals surface area contributed by atoms with Crippen molar-refractivity contribution < 1.29 is 14.0 Å². The number of allylic oxidation sites excluding steroid dienone is 2. The Balaban J connectivity index is 1.28. The molecule has 2 saturated carbocycles. The molecule has 0 spiro atoms. The molecule has 1 aliphatic heterocycles. The van der Waals surface area contributed by atoms with Gasteiger partial charge in [0.1, 0.15) is 0 Å². The molecule has 225 valence electrons. The second kappa shape index (κ2) is 11.1. The molecule has 3 aliphatic carbocycles. The molecular weight excluding hydrogens is 522 g/mol. The van der Waals surface area contributed by atoms with E-state index in [9.17, 15) is 9.59 Å². The SMILES string of the molecule is CC1=C(CCCN2C(=O)c3ccccc3C2=O)[C@@H]2CC[C@H]3C(C)(C)[C@@H](O[Si](C(C)C)C(C)(C)C)CC[C@]3(C)[C@H]2CC1. The van der Waals surface area contributed by atoms with Gasteiger partial charge in [0.2, 0.25) is 9.04 Å². The van der Waals surface area contributed by atoms with E-state index in [0.717, 1.165) is 18.8 Å². The Labute approximate surface area is 251 Å². The van der Waals surface area contributed by atoms with Crippen molar-refractivity contribution in [1.29, 1.82) is 0 Å². The average Bonchev–Trinajstić information content (AvgIpc) is 3.13. The van der Waals surface area contributed by atoms with Gasteiger partial charge in [0.05, 0.1) is 17.2 Å². The molecule has 4 aliphatic rings. The maximum Gasteiger partial charge on any atom is 0.261 e. The lowest BCUT2D eigenvalue weighted by Crippen LogP contribution is -2.58. The molecule has 1 radical (unpaired) electrons. The summed E-state index contributed by atoms with van der Waals surface area (Å²) in [4.78, 5) is 27.3. The van der Waals surface area contributed by atoms with Gasteiger partial charge in [-0.3, -0.25) is 14.5 Å². The van der Waals surface area contributed by atoms with Crippen LogP contribution in [-0.2, 0) is 4.43 Å². The minimum absolute atomic E-state index is 0.125. The number of imide groups is 1. The van der Waals surface area contributed by atoms with Gasteiger partial charge in [-0.2, -0.15) is 0 Å². The Hall–Kier alpha value is -1.72. The van der Waals surface area contributed by atoms with Crippen LogP contribution in [0.25, 0.3) is 0 Å². The monoisotopic (exact) mass is 576 g/mol. The van der Waals surface area contributed by atoms with Gasteiger partial charge in [-0.15, -0.1) is 0 Å². The van der Waals surface area contributed by atoms with Crippen LogP contribution in [0.1, 0.15) is 134 Å². The largest absolute Gasteiger partial charge is 0.412 e. The number of benzene rings is 1. The van der Waals surface area contributed by atoms with Crippen LogP contribution in [0.5, 0.6) is 0 Å². The van der Waals surface area contributed by atoms with E-state index >= 15 is 0 Å². The van der Waals surface area contributed by atoms with E-state index in [1.807, 2.05) is 12.1 Å². The van der Waals surface area contributed by atoms with Gasteiger partial charge in [-0.05, 0) is 110 Å². The van der Waals surface area contributed by atoms with Gasteiger partial charge >= 0.3 is 0 Å². The molecule has 2 amide bonds. The Morgan fingerprint density at radius 3 is 2.22 bits per heavy atom. The van der Waals surface area contributed by atoms with E-state index in [4.69, 9.17) is 4.43 Å². The first-order chi connectivity index (χ1) is 19.2. The minimum Gasteiger partial charge on any atom is -0.412 e. The number of carbonyl (C=O) groups is 2. The van der Waals surface area contributed by atoms with E-state index in [1.165, 1.54) is 43.4 Å². The smallest absolute Gasteiger partial charge is 0.261 e. The third-order valence-corrected chi connectivity index (χ3v) is 14.7. The number of fused-ring (bicyclic) bond motifs is 4. The van der Waals surface area contributed by atoms with Crippen molar-refractivity contribution in [3.63, 3.8) is 0 Å². The summed E-state index contributed by atoms with van der Waals surface area (Å²) in [5.74, 6) is 1.80. The maximum atomic E-state index is 12.9. The van der Waals surface area contributed by atoms with Gasteiger partial charge < -0.3 is 4.43 Å². The number of hydrogen-bond acceptors (Lipinski definition) is 3. The standard InChI is InChI=1S/C36H54NO3Si/c1-23(2)41(34(4,5)6)40-31-20-21-36(9)29-18-16-24(3)25(26(29)17-19-30(36)35(31,7)8)15-12-22-37-32(38)27-13-10-11-14-28(27)33(37)39/h10-11,13-14,23,26,29-31H,12,15-22H2,1-9H3/t26-,29-,30-,31-,36+/m0/s1. The molecule has 5 atom stereocenters. The molecule has 0 unspecified atom stereocenters. The Morgan fingerprint density at radius 2 is 1.63 bits per heavy atom. The zero-order valence-electron chi connectivity index (χ0n) is 27.2. The molecule has 0 N–H and O–H groups in total. The van der Waals surface area contributed by atoms with Gasteiger partial charge in [-0.25, -0.2) is 0 Å². The van der Waals surface area contributed by atoms with E-state index in [-0.39, 0.29) is 22.3 Å². The van der Waals surface area contributed by atoms with Gasteiger partial charge in [0.15, 0.2) is 0 Å². The Bertz CT molecular complexity index is 1170. The van der Waals surface area contributed by atoms with E-state index in [0.29, 0.717) is 46.6 Å². The molecule has 0 saturated heterocycles. The zero-order chi connectivity index (χ0) is 29.9. The van der Waals surface area contributed by atoms with Crippen molar-refractivity contribution in [2.75, 3.05) is 6.54 Å². The first kappa shape index (κ1) is 30.7. The number of nitrogens with zero attached hydrogens (tertiary/aromatic N) is 1. The molecule has 0 bridgehead atoms. The lowest BCUT2D eigenvalue weighted by Gasteiger charge is -2.63.